The molecule has 2 aromatic rings. The van der Waals surface area contributed by atoms with Crippen molar-refractivity contribution < 1.29 is 10.0 Å². The molecular formula is C8H5NO3S2. The lowest BCUT2D eigenvalue weighted by Gasteiger charge is -1.96. The monoisotopic (exact) mass is 227 g/mol. The second-order valence-corrected chi connectivity index (χ2v) is 4.08. The summed E-state index contributed by atoms with van der Waals surface area (Å²) in [7, 11) is 0. The number of hydrogen-bond acceptors (Lipinski definition) is 5. The number of phenols is 1. The Morgan fingerprint density at radius 2 is 2.21 bits per heavy atom. The van der Waals surface area contributed by atoms with E-state index in [2.05, 4.69) is 12.6 Å². The summed E-state index contributed by atoms with van der Waals surface area (Å²) in [6.45, 7) is 0. The third-order valence-electron chi connectivity index (χ3n) is 1.82. The maximum absolute atomic E-state index is 10.7. The molecule has 0 aliphatic carbocycles. The molecular weight excluding hydrogens is 222 g/mol. The SMILES string of the molecule is O=[N+]([O-])c1cc(O)cc2c(S)csc12. The molecule has 0 saturated carbocycles. The highest BCUT2D eigenvalue weighted by Crippen LogP contribution is 2.38. The predicted octanol–water partition coefficient (Wildman–Crippen LogP) is 2.80. The van der Waals surface area contributed by atoms with Crippen LogP contribution in [0.15, 0.2) is 22.4 Å². The second kappa shape index (κ2) is 3.14. The number of nitro groups is 1. The summed E-state index contributed by atoms with van der Waals surface area (Å²) in [4.78, 5) is 10.8. The van der Waals surface area contributed by atoms with E-state index in [-0.39, 0.29) is 11.4 Å². The number of rotatable bonds is 1. The van der Waals surface area contributed by atoms with Gasteiger partial charge in [0.05, 0.1) is 11.0 Å². The van der Waals surface area contributed by atoms with Gasteiger partial charge < -0.3 is 5.11 Å². The number of thiol groups is 1. The van der Waals surface area contributed by atoms with E-state index in [1.807, 2.05) is 0 Å². The number of non-ortho nitro benzene ring substituents is 1. The minimum Gasteiger partial charge on any atom is -0.508 e. The van der Waals surface area contributed by atoms with Crippen molar-refractivity contribution in [3.05, 3.63) is 27.6 Å². The summed E-state index contributed by atoms with van der Waals surface area (Å²) in [6, 6.07) is 2.62. The largest absolute Gasteiger partial charge is 0.508 e. The molecule has 0 unspecified atom stereocenters. The molecule has 1 heterocycles. The van der Waals surface area contributed by atoms with Crippen LogP contribution in [-0.2, 0) is 0 Å². The maximum Gasteiger partial charge on any atom is 0.290 e. The number of fused-ring (bicyclic) bond motifs is 1. The van der Waals surface area contributed by atoms with Gasteiger partial charge in [0, 0.05) is 15.7 Å². The van der Waals surface area contributed by atoms with Gasteiger partial charge in [0.1, 0.15) is 10.4 Å². The number of nitro benzene ring substituents is 1. The number of aromatic hydroxyl groups is 1. The lowest BCUT2D eigenvalue weighted by molar-refractivity contribution is -0.382. The minimum atomic E-state index is -0.508. The molecule has 6 heteroatoms. The number of hydrogen-bond donors (Lipinski definition) is 2. The van der Waals surface area contributed by atoms with Crippen molar-refractivity contribution in [2.75, 3.05) is 0 Å². The Labute approximate surface area is 88.4 Å². The van der Waals surface area contributed by atoms with Gasteiger partial charge >= 0.3 is 0 Å². The molecule has 1 aromatic carbocycles. The molecule has 0 fully saturated rings. The van der Waals surface area contributed by atoms with Crippen LogP contribution in [0.3, 0.4) is 0 Å². The van der Waals surface area contributed by atoms with E-state index >= 15 is 0 Å². The normalized spacial score (nSPS) is 10.6. The molecule has 0 amide bonds. The van der Waals surface area contributed by atoms with E-state index in [9.17, 15) is 15.2 Å². The Balaban J connectivity index is 2.88. The van der Waals surface area contributed by atoms with Crippen molar-refractivity contribution >= 4 is 39.7 Å². The first-order valence-corrected chi connectivity index (χ1v) is 5.00. The van der Waals surface area contributed by atoms with Crippen LogP contribution in [0.4, 0.5) is 5.69 Å². The van der Waals surface area contributed by atoms with Crippen LogP contribution in [0.5, 0.6) is 5.75 Å². The first kappa shape index (κ1) is 9.29. The van der Waals surface area contributed by atoms with E-state index in [1.54, 1.807) is 5.38 Å². The van der Waals surface area contributed by atoms with Crippen LogP contribution in [0.2, 0.25) is 0 Å². The van der Waals surface area contributed by atoms with Gasteiger partial charge in [-0.25, -0.2) is 0 Å². The molecule has 0 atom stereocenters. The van der Waals surface area contributed by atoms with Crippen LogP contribution >= 0.6 is 24.0 Å². The first-order valence-electron chi connectivity index (χ1n) is 3.67. The lowest BCUT2D eigenvalue weighted by Crippen LogP contribution is -1.87. The maximum atomic E-state index is 10.7. The zero-order chi connectivity index (χ0) is 10.3. The van der Waals surface area contributed by atoms with E-state index in [0.29, 0.717) is 15.0 Å². The van der Waals surface area contributed by atoms with Crippen LogP contribution in [0, 0.1) is 10.1 Å². The van der Waals surface area contributed by atoms with Crippen LogP contribution < -0.4 is 0 Å². The van der Waals surface area contributed by atoms with Gasteiger partial charge in [-0.15, -0.1) is 24.0 Å². The highest BCUT2D eigenvalue weighted by molar-refractivity contribution is 7.80. The van der Waals surface area contributed by atoms with Gasteiger partial charge in [-0.2, -0.15) is 0 Å². The van der Waals surface area contributed by atoms with Gasteiger partial charge in [0.2, 0.25) is 0 Å². The van der Waals surface area contributed by atoms with Gasteiger partial charge in [-0.3, -0.25) is 10.1 Å². The zero-order valence-corrected chi connectivity index (χ0v) is 8.51. The second-order valence-electron chi connectivity index (χ2n) is 2.72. The smallest absolute Gasteiger partial charge is 0.290 e. The molecule has 4 nitrogen and oxygen atoms in total. The predicted molar refractivity (Wildman–Crippen MR) is 57.4 cm³/mol. The molecule has 72 valence electrons. The van der Waals surface area contributed by atoms with Crippen molar-refractivity contribution in [2.24, 2.45) is 0 Å². The Morgan fingerprint density at radius 1 is 1.50 bits per heavy atom. The molecule has 0 bridgehead atoms. The van der Waals surface area contributed by atoms with Crippen molar-refractivity contribution in [1.82, 2.24) is 0 Å². The molecule has 1 N–H and O–H groups in total. The zero-order valence-electron chi connectivity index (χ0n) is 6.80. The Morgan fingerprint density at radius 3 is 2.86 bits per heavy atom. The number of thiophene rings is 1. The Bertz CT molecular complexity index is 521. The van der Waals surface area contributed by atoms with E-state index in [1.165, 1.54) is 17.4 Å². The van der Waals surface area contributed by atoms with Gasteiger partial charge in [-0.1, -0.05) is 0 Å². The number of phenolic OH excluding ortho intramolecular Hbond substituents is 1. The lowest BCUT2D eigenvalue weighted by atomic mass is 10.2. The van der Waals surface area contributed by atoms with Crippen LogP contribution in [-0.4, -0.2) is 10.0 Å². The molecule has 14 heavy (non-hydrogen) atoms. The summed E-state index contributed by atoms with van der Waals surface area (Å²) >= 11 is 5.39. The van der Waals surface area contributed by atoms with Gasteiger partial charge in [0.25, 0.3) is 5.69 Å². The third kappa shape index (κ3) is 1.32. The van der Waals surface area contributed by atoms with E-state index < -0.39 is 4.92 Å². The topological polar surface area (TPSA) is 63.4 Å². The molecule has 0 aliphatic rings. The minimum absolute atomic E-state index is 0.0784. The molecule has 2 rings (SSSR count). The molecule has 1 aromatic heterocycles. The molecule has 0 spiro atoms. The Hall–Kier alpha value is -1.27. The molecule has 0 radical (unpaired) electrons. The Kier molecular flexibility index (Phi) is 2.09. The molecule has 0 aliphatic heterocycles. The number of nitrogens with zero attached hydrogens (tertiary/aromatic N) is 1. The van der Waals surface area contributed by atoms with Gasteiger partial charge in [0.15, 0.2) is 0 Å². The fourth-order valence-electron chi connectivity index (χ4n) is 1.23. The first-order chi connectivity index (χ1) is 6.59. The van der Waals surface area contributed by atoms with Crippen molar-refractivity contribution in [3.63, 3.8) is 0 Å². The van der Waals surface area contributed by atoms with Crippen molar-refractivity contribution in [3.8, 4) is 5.75 Å². The van der Waals surface area contributed by atoms with Gasteiger partial charge in [-0.05, 0) is 6.07 Å². The summed E-state index contributed by atoms with van der Waals surface area (Å²) in [6.07, 6.45) is 0. The number of benzene rings is 1. The van der Waals surface area contributed by atoms with E-state index in [0.717, 1.165) is 6.07 Å². The molecule has 0 saturated heterocycles. The standard InChI is InChI=1S/C8H5NO3S2/c10-4-1-5-7(13)3-14-8(5)6(2-4)9(11)12/h1-3,10,13H. The highest BCUT2D eigenvalue weighted by Gasteiger charge is 2.16. The fraction of sp³-hybridized carbons (Fsp3) is 0. The van der Waals surface area contributed by atoms with Crippen molar-refractivity contribution in [2.45, 2.75) is 4.90 Å². The fourth-order valence-corrected chi connectivity index (χ4v) is 2.54. The summed E-state index contributed by atoms with van der Waals surface area (Å²) in [5.74, 6) is -0.113. The average Bonchev–Trinajstić information content (AvgIpc) is 2.47. The highest BCUT2D eigenvalue weighted by atomic mass is 32.1. The summed E-state index contributed by atoms with van der Waals surface area (Å²) in [5, 5.41) is 22.2. The third-order valence-corrected chi connectivity index (χ3v) is 3.38. The van der Waals surface area contributed by atoms with Crippen LogP contribution in [0.25, 0.3) is 10.1 Å². The summed E-state index contributed by atoms with van der Waals surface area (Å²) in [5.41, 5.74) is -0.0784. The quantitative estimate of drug-likeness (QED) is 0.447. The van der Waals surface area contributed by atoms with Crippen molar-refractivity contribution in [1.29, 1.82) is 0 Å². The summed E-state index contributed by atoms with van der Waals surface area (Å²) < 4.78 is 0.540. The van der Waals surface area contributed by atoms with Crippen LogP contribution in [0.1, 0.15) is 0 Å². The average molecular weight is 227 g/mol. The van der Waals surface area contributed by atoms with E-state index in [4.69, 9.17) is 0 Å².